The van der Waals surface area contributed by atoms with Crippen LogP contribution in [-0.4, -0.2) is 26.2 Å². The molecule has 5 nitrogen and oxygen atoms in total. The quantitative estimate of drug-likeness (QED) is 0.326. The van der Waals surface area contributed by atoms with Crippen LogP contribution in [0.2, 0.25) is 0 Å². The van der Waals surface area contributed by atoms with Crippen molar-refractivity contribution in [1.82, 2.24) is 0 Å². The highest BCUT2D eigenvalue weighted by Crippen LogP contribution is 2.29. The molecule has 0 unspecified atom stereocenters. The molecule has 0 bridgehead atoms. The first kappa shape index (κ1) is 22.9. The number of methoxy groups -OCH3 is 1. The molecule has 2 aromatic carbocycles. The third-order valence-corrected chi connectivity index (χ3v) is 3.76. The number of anilines is 1. The summed E-state index contributed by atoms with van der Waals surface area (Å²) in [7, 11) is 1.40. The Morgan fingerprint density at radius 1 is 1.11 bits per heavy atom. The Morgan fingerprint density at radius 2 is 1.78 bits per heavy atom. The standard InChI is InChI=1S/C19H23F2N3O2.HI/c1-3-13-4-7-15(8-5-13)24-19(22)23-11-10-14-6-9-16(25-2)17(12-14)26-18(20)21;/h4-9,12,18H,3,10-11H2,1-2H3,(H3,22,23,24);1H. The smallest absolute Gasteiger partial charge is 0.387 e. The molecule has 8 heteroatoms. The molecule has 0 heterocycles. The number of nitrogens with one attached hydrogen (secondary N) is 1. The Morgan fingerprint density at radius 3 is 2.37 bits per heavy atom. The minimum atomic E-state index is -2.91. The summed E-state index contributed by atoms with van der Waals surface area (Å²) in [5.74, 6) is 0.562. The first-order chi connectivity index (χ1) is 12.5. The molecule has 0 saturated carbocycles. The van der Waals surface area contributed by atoms with Crippen molar-refractivity contribution < 1.29 is 18.3 Å². The van der Waals surface area contributed by atoms with Crippen molar-refractivity contribution >= 4 is 35.6 Å². The average Bonchev–Trinajstić information content (AvgIpc) is 2.62. The number of alkyl halides is 2. The van der Waals surface area contributed by atoms with Gasteiger partial charge in [-0.2, -0.15) is 8.78 Å². The molecule has 3 N–H and O–H groups in total. The predicted octanol–water partition coefficient (Wildman–Crippen LogP) is 4.45. The third kappa shape index (κ3) is 7.58. The molecule has 0 spiro atoms. The number of rotatable bonds is 8. The lowest BCUT2D eigenvalue weighted by Gasteiger charge is -2.11. The lowest BCUT2D eigenvalue weighted by Crippen LogP contribution is -2.23. The monoisotopic (exact) mass is 491 g/mol. The molecule has 2 aromatic rings. The zero-order valence-electron chi connectivity index (χ0n) is 15.2. The summed E-state index contributed by atoms with van der Waals surface area (Å²) in [5.41, 5.74) is 8.78. The molecule has 27 heavy (non-hydrogen) atoms. The van der Waals surface area contributed by atoms with Crippen molar-refractivity contribution in [2.24, 2.45) is 10.7 Å². The van der Waals surface area contributed by atoms with Gasteiger partial charge in [-0.05, 0) is 48.2 Å². The molecule has 0 aliphatic rings. The Labute approximate surface area is 175 Å². The van der Waals surface area contributed by atoms with Gasteiger partial charge in [0.2, 0.25) is 0 Å². The second-order valence-corrected chi connectivity index (χ2v) is 5.56. The first-order valence-corrected chi connectivity index (χ1v) is 8.29. The summed E-state index contributed by atoms with van der Waals surface area (Å²) in [6.07, 6.45) is 1.50. The topological polar surface area (TPSA) is 68.9 Å². The van der Waals surface area contributed by atoms with Gasteiger partial charge in [-0.1, -0.05) is 25.1 Å². The van der Waals surface area contributed by atoms with Gasteiger partial charge >= 0.3 is 6.61 Å². The maximum Gasteiger partial charge on any atom is 0.387 e. The fourth-order valence-corrected chi connectivity index (χ4v) is 2.38. The number of hydrogen-bond donors (Lipinski definition) is 2. The molecule has 0 fully saturated rings. The van der Waals surface area contributed by atoms with Crippen molar-refractivity contribution in [1.29, 1.82) is 0 Å². The molecule has 0 radical (unpaired) electrons. The summed E-state index contributed by atoms with van der Waals surface area (Å²) in [6, 6.07) is 12.8. The van der Waals surface area contributed by atoms with Gasteiger partial charge in [0, 0.05) is 12.2 Å². The molecule has 148 valence electrons. The minimum Gasteiger partial charge on any atom is -0.493 e. The molecule has 0 aliphatic heterocycles. The van der Waals surface area contributed by atoms with Gasteiger partial charge < -0.3 is 20.5 Å². The number of aliphatic imine (C=N–C) groups is 1. The fourth-order valence-electron chi connectivity index (χ4n) is 2.38. The van der Waals surface area contributed by atoms with Crippen LogP contribution < -0.4 is 20.5 Å². The van der Waals surface area contributed by atoms with E-state index in [4.69, 9.17) is 10.5 Å². The summed E-state index contributed by atoms with van der Waals surface area (Å²) in [4.78, 5) is 4.25. The van der Waals surface area contributed by atoms with Crippen LogP contribution in [0.4, 0.5) is 14.5 Å². The number of guanidine groups is 1. The van der Waals surface area contributed by atoms with E-state index in [1.54, 1.807) is 12.1 Å². The van der Waals surface area contributed by atoms with Crippen LogP contribution in [0.3, 0.4) is 0 Å². The van der Waals surface area contributed by atoms with Crippen molar-refractivity contribution in [2.45, 2.75) is 26.4 Å². The highest BCUT2D eigenvalue weighted by molar-refractivity contribution is 14.0. The van der Waals surface area contributed by atoms with E-state index >= 15 is 0 Å². The zero-order valence-corrected chi connectivity index (χ0v) is 17.6. The van der Waals surface area contributed by atoms with Crippen molar-refractivity contribution in [3.63, 3.8) is 0 Å². The predicted molar refractivity (Wildman–Crippen MR) is 115 cm³/mol. The lowest BCUT2D eigenvalue weighted by molar-refractivity contribution is -0.0512. The summed E-state index contributed by atoms with van der Waals surface area (Å²) in [6.45, 7) is -0.405. The molecule has 0 saturated heterocycles. The molecule has 0 atom stereocenters. The highest BCUT2D eigenvalue weighted by Gasteiger charge is 2.11. The minimum absolute atomic E-state index is 0. The van der Waals surface area contributed by atoms with E-state index in [1.807, 2.05) is 24.3 Å². The number of ether oxygens (including phenoxy) is 2. The van der Waals surface area contributed by atoms with Crippen LogP contribution in [0, 0.1) is 0 Å². The van der Waals surface area contributed by atoms with E-state index < -0.39 is 6.61 Å². The van der Waals surface area contributed by atoms with Gasteiger partial charge in [0.05, 0.1) is 7.11 Å². The van der Waals surface area contributed by atoms with Gasteiger partial charge in [-0.15, -0.1) is 24.0 Å². The molecule has 0 amide bonds. The van der Waals surface area contributed by atoms with Crippen LogP contribution in [0.25, 0.3) is 0 Å². The van der Waals surface area contributed by atoms with Gasteiger partial charge in [0.1, 0.15) is 0 Å². The Bertz CT molecular complexity index is 740. The number of benzene rings is 2. The summed E-state index contributed by atoms with van der Waals surface area (Å²) >= 11 is 0. The number of halogens is 3. The highest BCUT2D eigenvalue weighted by atomic mass is 127. The molecular formula is C19H24F2IN3O2. The van der Waals surface area contributed by atoms with E-state index in [1.165, 1.54) is 18.7 Å². The normalized spacial score (nSPS) is 11.1. The van der Waals surface area contributed by atoms with E-state index in [2.05, 4.69) is 22.0 Å². The molecular weight excluding hydrogens is 467 g/mol. The maximum atomic E-state index is 12.5. The summed E-state index contributed by atoms with van der Waals surface area (Å²) < 4.78 is 34.4. The third-order valence-electron chi connectivity index (χ3n) is 3.76. The number of nitrogens with zero attached hydrogens (tertiary/aromatic N) is 1. The van der Waals surface area contributed by atoms with Crippen LogP contribution in [0.5, 0.6) is 11.5 Å². The van der Waals surface area contributed by atoms with Crippen molar-refractivity contribution in [2.75, 3.05) is 19.0 Å². The Hall–Kier alpha value is -2.10. The van der Waals surface area contributed by atoms with Crippen LogP contribution in [0.15, 0.2) is 47.5 Å². The van der Waals surface area contributed by atoms with E-state index in [0.29, 0.717) is 18.9 Å². The lowest BCUT2D eigenvalue weighted by atomic mass is 10.1. The number of nitrogens with two attached hydrogens (primary N) is 1. The average molecular weight is 491 g/mol. The van der Waals surface area contributed by atoms with Crippen molar-refractivity contribution in [3.05, 3.63) is 53.6 Å². The van der Waals surface area contributed by atoms with Gasteiger partial charge in [0.15, 0.2) is 17.5 Å². The van der Waals surface area contributed by atoms with E-state index in [0.717, 1.165) is 17.7 Å². The second kappa shape index (κ2) is 11.6. The van der Waals surface area contributed by atoms with Gasteiger partial charge in [0.25, 0.3) is 0 Å². The largest absolute Gasteiger partial charge is 0.493 e. The van der Waals surface area contributed by atoms with Gasteiger partial charge in [-0.25, -0.2) is 0 Å². The Kier molecular flexibility index (Phi) is 9.84. The second-order valence-electron chi connectivity index (χ2n) is 5.56. The van der Waals surface area contributed by atoms with Crippen LogP contribution in [0.1, 0.15) is 18.1 Å². The molecule has 0 aliphatic carbocycles. The zero-order chi connectivity index (χ0) is 18.9. The Balaban J connectivity index is 0.00000364. The fraction of sp³-hybridized carbons (Fsp3) is 0.316. The summed E-state index contributed by atoms with van der Waals surface area (Å²) in [5, 5.41) is 3.02. The van der Waals surface area contributed by atoms with Crippen LogP contribution in [-0.2, 0) is 12.8 Å². The molecule has 2 rings (SSSR count). The SMILES string of the molecule is CCc1ccc(NC(N)=NCCc2ccc(OC)c(OC(F)F)c2)cc1.I. The number of aryl methyl sites for hydroxylation is 1. The maximum absolute atomic E-state index is 12.5. The van der Waals surface area contributed by atoms with Crippen molar-refractivity contribution in [3.8, 4) is 11.5 Å². The molecule has 0 aromatic heterocycles. The van der Waals surface area contributed by atoms with E-state index in [-0.39, 0.29) is 35.5 Å². The van der Waals surface area contributed by atoms with Crippen LogP contribution >= 0.6 is 24.0 Å². The number of hydrogen-bond acceptors (Lipinski definition) is 3. The van der Waals surface area contributed by atoms with E-state index in [9.17, 15) is 8.78 Å². The van der Waals surface area contributed by atoms with Gasteiger partial charge in [-0.3, -0.25) is 4.99 Å². The first-order valence-electron chi connectivity index (χ1n) is 8.29.